The lowest BCUT2D eigenvalue weighted by atomic mass is 9.91. The van der Waals surface area contributed by atoms with Gasteiger partial charge in [0, 0.05) is 11.3 Å². The average Bonchev–Trinajstić information content (AvgIpc) is 3.21. The molecule has 0 bridgehead atoms. The minimum absolute atomic E-state index is 0.234. The molecule has 0 saturated carbocycles. The summed E-state index contributed by atoms with van der Waals surface area (Å²) < 4.78 is 0. The maximum Gasteiger partial charge on any atom is 0.325 e. The third-order valence-electron chi connectivity index (χ3n) is 5.20. The van der Waals surface area contributed by atoms with E-state index in [1.54, 1.807) is 19.1 Å². The van der Waals surface area contributed by atoms with E-state index < -0.39 is 41.5 Å². The summed E-state index contributed by atoms with van der Waals surface area (Å²) in [5.41, 5.74) is 0.0471. The number of urea groups is 1. The molecule has 9 heteroatoms. The van der Waals surface area contributed by atoms with Crippen molar-refractivity contribution in [2.45, 2.75) is 51.7 Å². The summed E-state index contributed by atoms with van der Waals surface area (Å²) >= 11 is 1.47. The fraction of sp³-hybridized carbons (Fsp3) is 0.524. The molecule has 2 atom stereocenters. The number of carbonyl (C=O) groups is 4. The molecule has 30 heavy (non-hydrogen) atoms. The van der Waals surface area contributed by atoms with Gasteiger partial charge in [-0.3, -0.25) is 19.3 Å². The Hall–Kier alpha value is -2.55. The van der Waals surface area contributed by atoms with Gasteiger partial charge in [-0.05, 0) is 40.2 Å². The van der Waals surface area contributed by atoms with Gasteiger partial charge in [0.25, 0.3) is 5.91 Å². The molecule has 0 aliphatic carbocycles. The smallest absolute Gasteiger partial charge is 0.325 e. The molecule has 2 saturated heterocycles. The van der Waals surface area contributed by atoms with Crippen LogP contribution in [0.1, 0.15) is 38.8 Å². The number of hydrogen-bond donors (Lipinski definition) is 2. The molecule has 1 aromatic rings. The van der Waals surface area contributed by atoms with Gasteiger partial charge in [-0.25, -0.2) is 4.79 Å². The zero-order chi connectivity index (χ0) is 22.3. The minimum atomic E-state index is -1.23. The van der Waals surface area contributed by atoms with Crippen LogP contribution in [-0.4, -0.2) is 63.3 Å². The molecular formula is C21H28N4O4S. The van der Waals surface area contributed by atoms with E-state index in [4.69, 9.17) is 0 Å². The van der Waals surface area contributed by atoms with E-state index >= 15 is 0 Å². The lowest BCUT2D eigenvalue weighted by molar-refractivity contribution is -0.142. The van der Waals surface area contributed by atoms with E-state index in [1.165, 1.54) is 16.7 Å². The molecule has 162 valence electrons. The molecule has 1 aromatic carbocycles. The molecule has 0 radical (unpaired) electrons. The highest BCUT2D eigenvalue weighted by atomic mass is 32.2. The van der Waals surface area contributed by atoms with E-state index in [-0.39, 0.29) is 5.91 Å². The maximum atomic E-state index is 13.1. The first-order valence-electron chi connectivity index (χ1n) is 9.83. The SMILES string of the molecule is Cc1ccc(C2(C)NC(=O)N(CC(=O)N3CSCC3C(=O)NC(C)(C)C)C2=O)cc1. The number of carbonyl (C=O) groups excluding carboxylic acids is 4. The van der Waals surface area contributed by atoms with Gasteiger partial charge in [0.05, 0.1) is 5.88 Å². The van der Waals surface area contributed by atoms with Crippen molar-refractivity contribution < 1.29 is 19.2 Å². The van der Waals surface area contributed by atoms with Crippen molar-refractivity contribution in [2.24, 2.45) is 0 Å². The normalized spacial score (nSPS) is 24.2. The summed E-state index contributed by atoms with van der Waals surface area (Å²) in [5.74, 6) is -0.310. The number of nitrogens with one attached hydrogen (secondary N) is 2. The number of benzene rings is 1. The van der Waals surface area contributed by atoms with Gasteiger partial charge in [0.15, 0.2) is 0 Å². The van der Waals surface area contributed by atoms with Gasteiger partial charge in [0.1, 0.15) is 18.1 Å². The van der Waals surface area contributed by atoms with Crippen molar-refractivity contribution in [1.82, 2.24) is 20.4 Å². The largest absolute Gasteiger partial charge is 0.350 e. The summed E-state index contributed by atoms with van der Waals surface area (Å²) in [7, 11) is 0. The van der Waals surface area contributed by atoms with E-state index in [1.807, 2.05) is 39.8 Å². The summed E-state index contributed by atoms with van der Waals surface area (Å²) in [4.78, 5) is 53.5. The highest BCUT2D eigenvalue weighted by Crippen LogP contribution is 2.29. The van der Waals surface area contributed by atoms with E-state index in [0.29, 0.717) is 17.2 Å². The van der Waals surface area contributed by atoms with Crippen LogP contribution in [0.15, 0.2) is 24.3 Å². The third kappa shape index (κ3) is 4.30. The summed E-state index contributed by atoms with van der Waals surface area (Å²) in [6, 6.07) is 6.09. The van der Waals surface area contributed by atoms with Crippen LogP contribution in [0.5, 0.6) is 0 Å². The van der Waals surface area contributed by atoms with Gasteiger partial charge >= 0.3 is 6.03 Å². The zero-order valence-electron chi connectivity index (χ0n) is 17.9. The number of amides is 5. The highest BCUT2D eigenvalue weighted by molar-refractivity contribution is 7.99. The molecule has 2 unspecified atom stereocenters. The fourth-order valence-electron chi connectivity index (χ4n) is 3.51. The summed E-state index contributed by atoms with van der Waals surface area (Å²) in [5, 5.41) is 5.60. The second-order valence-corrected chi connectivity index (χ2v) is 9.93. The topological polar surface area (TPSA) is 98.8 Å². The van der Waals surface area contributed by atoms with Crippen molar-refractivity contribution in [3.8, 4) is 0 Å². The Morgan fingerprint density at radius 3 is 2.47 bits per heavy atom. The number of nitrogens with zero attached hydrogens (tertiary/aromatic N) is 2. The first kappa shape index (κ1) is 22.1. The standard InChI is InChI=1S/C21H28N4O4S/c1-13-6-8-14(9-7-13)21(5)18(28)24(19(29)23-21)10-16(26)25-12-30-11-15(25)17(27)22-20(2,3)4/h6-9,15H,10-12H2,1-5H3,(H,22,27)(H,23,29). The quantitative estimate of drug-likeness (QED) is 0.704. The Balaban J connectivity index is 1.73. The number of hydrogen-bond acceptors (Lipinski definition) is 5. The van der Waals surface area contributed by atoms with Crippen LogP contribution < -0.4 is 10.6 Å². The molecule has 2 N–H and O–H groups in total. The van der Waals surface area contributed by atoms with Crippen LogP contribution in [0.3, 0.4) is 0 Å². The van der Waals surface area contributed by atoms with Crippen LogP contribution in [-0.2, 0) is 19.9 Å². The van der Waals surface area contributed by atoms with Gasteiger partial charge in [0.2, 0.25) is 11.8 Å². The van der Waals surface area contributed by atoms with Gasteiger partial charge in [-0.1, -0.05) is 29.8 Å². The molecule has 8 nitrogen and oxygen atoms in total. The van der Waals surface area contributed by atoms with Gasteiger partial charge < -0.3 is 15.5 Å². The molecule has 3 rings (SSSR count). The summed E-state index contributed by atoms with van der Waals surface area (Å²) in [6.07, 6.45) is 0. The van der Waals surface area contributed by atoms with Crippen LogP contribution in [0, 0.1) is 6.92 Å². The van der Waals surface area contributed by atoms with Crippen molar-refractivity contribution in [2.75, 3.05) is 18.2 Å². The number of imide groups is 1. The monoisotopic (exact) mass is 432 g/mol. The van der Waals surface area contributed by atoms with Crippen molar-refractivity contribution in [3.63, 3.8) is 0 Å². The molecule has 0 spiro atoms. The Labute approximate surface area is 180 Å². The van der Waals surface area contributed by atoms with Crippen molar-refractivity contribution >= 4 is 35.5 Å². The van der Waals surface area contributed by atoms with Crippen LogP contribution in [0.4, 0.5) is 4.79 Å². The number of aryl methyl sites for hydroxylation is 1. The molecule has 2 fully saturated rings. The molecule has 5 amide bonds. The van der Waals surface area contributed by atoms with E-state index in [0.717, 1.165) is 10.5 Å². The predicted molar refractivity (Wildman–Crippen MR) is 115 cm³/mol. The Morgan fingerprint density at radius 1 is 1.23 bits per heavy atom. The maximum absolute atomic E-state index is 13.1. The first-order valence-corrected chi connectivity index (χ1v) is 11.0. The highest BCUT2D eigenvalue weighted by Gasteiger charge is 2.50. The Morgan fingerprint density at radius 2 is 1.87 bits per heavy atom. The lowest BCUT2D eigenvalue weighted by Crippen LogP contribution is -2.54. The molecular weight excluding hydrogens is 404 g/mol. The molecule has 2 aliphatic heterocycles. The zero-order valence-corrected chi connectivity index (χ0v) is 18.8. The number of rotatable bonds is 4. The Bertz CT molecular complexity index is 880. The van der Waals surface area contributed by atoms with Crippen LogP contribution in [0.2, 0.25) is 0 Å². The molecule has 2 aliphatic rings. The van der Waals surface area contributed by atoms with E-state index in [9.17, 15) is 19.2 Å². The first-order chi connectivity index (χ1) is 13.9. The molecule has 2 heterocycles. The van der Waals surface area contributed by atoms with Gasteiger partial charge in [-0.2, -0.15) is 0 Å². The van der Waals surface area contributed by atoms with Crippen LogP contribution in [0.25, 0.3) is 0 Å². The van der Waals surface area contributed by atoms with Gasteiger partial charge in [-0.15, -0.1) is 11.8 Å². The fourth-order valence-corrected chi connectivity index (χ4v) is 4.69. The predicted octanol–water partition coefficient (Wildman–Crippen LogP) is 1.58. The van der Waals surface area contributed by atoms with Crippen molar-refractivity contribution in [3.05, 3.63) is 35.4 Å². The molecule has 0 aromatic heterocycles. The van der Waals surface area contributed by atoms with E-state index in [2.05, 4.69) is 10.6 Å². The van der Waals surface area contributed by atoms with Crippen LogP contribution >= 0.6 is 11.8 Å². The summed E-state index contributed by atoms with van der Waals surface area (Å²) in [6.45, 7) is 8.79. The minimum Gasteiger partial charge on any atom is -0.350 e. The number of thioether (sulfide) groups is 1. The lowest BCUT2D eigenvalue weighted by Gasteiger charge is -2.28. The van der Waals surface area contributed by atoms with Crippen molar-refractivity contribution in [1.29, 1.82) is 0 Å². The second kappa shape index (κ2) is 7.94. The average molecular weight is 433 g/mol. The third-order valence-corrected chi connectivity index (χ3v) is 6.21. The second-order valence-electron chi connectivity index (χ2n) is 8.93. The Kier molecular flexibility index (Phi) is 5.86.